The van der Waals surface area contributed by atoms with Gasteiger partial charge in [-0.3, -0.25) is 4.79 Å². The Hall–Kier alpha value is -1.75. The predicted octanol–water partition coefficient (Wildman–Crippen LogP) is 1.42. The SMILES string of the molecule is NC(=O)c1ccc2c(c1)NON2C1CCC1. The smallest absolute Gasteiger partial charge is 0.248 e. The van der Waals surface area contributed by atoms with E-state index in [4.69, 9.17) is 10.7 Å². The fourth-order valence-corrected chi connectivity index (χ4v) is 2.00. The Morgan fingerprint density at radius 2 is 2.31 bits per heavy atom. The molecule has 1 aromatic carbocycles. The maximum Gasteiger partial charge on any atom is 0.248 e. The van der Waals surface area contributed by atoms with Crippen molar-refractivity contribution in [2.24, 2.45) is 5.73 Å². The molecule has 0 spiro atoms. The second-order valence-corrected chi connectivity index (χ2v) is 4.20. The van der Waals surface area contributed by atoms with E-state index in [1.54, 1.807) is 12.1 Å². The van der Waals surface area contributed by atoms with Gasteiger partial charge in [0.15, 0.2) is 0 Å². The number of hydrogen-bond donors (Lipinski definition) is 2. The highest BCUT2D eigenvalue weighted by Gasteiger charge is 2.32. The van der Waals surface area contributed by atoms with Crippen LogP contribution >= 0.6 is 0 Å². The minimum Gasteiger partial charge on any atom is -0.366 e. The summed E-state index contributed by atoms with van der Waals surface area (Å²) in [7, 11) is 0. The number of nitrogens with zero attached hydrogens (tertiary/aromatic N) is 1. The summed E-state index contributed by atoms with van der Waals surface area (Å²) in [6, 6.07) is 5.76. The van der Waals surface area contributed by atoms with Crippen LogP contribution in [0.5, 0.6) is 0 Å². The summed E-state index contributed by atoms with van der Waals surface area (Å²) in [5, 5.41) is 1.88. The first-order valence-electron chi connectivity index (χ1n) is 5.42. The van der Waals surface area contributed by atoms with E-state index in [0.717, 1.165) is 24.2 Å². The molecule has 2 aliphatic rings. The van der Waals surface area contributed by atoms with Crippen LogP contribution in [0, 0.1) is 0 Å². The van der Waals surface area contributed by atoms with Crippen molar-refractivity contribution >= 4 is 17.3 Å². The highest BCUT2D eigenvalue weighted by Crippen LogP contribution is 2.38. The van der Waals surface area contributed by atoms with Gasteiger partial charge in [-0.05, 0) is 37.5 Å². The van der Waals surface area contributed by atoms with Crippen molar-refractivity contribution in [1.82, 2.24) is 0 Å². The Balaban J connectivity index is 1.92. The van der Waals surface area contributed by atoms with Crippen LogP contribution in [0.3, 0.4) is 0 Å². The Morgan fingerprint density at radius 3 is 2.94 bits per heavy atom. The highest BCUT2D eigenvalue weighted by atomic mass is 16.8. The van der Waals surface area contributed by atoms with Crippen LogP contribution in [-0.2, 0) is 4.94 Å². The minimum absolute atomic E-state index is 0.424. The standard InChI is InChI=1S/C11H13N3O2/c12-11(15)7-4-5-10-9(6-7)13-16-14(10)8-2-1-3-8/h4-6,8,13H,1-3H2,(H2,12,15). The van der Waals surface area contributed by atoms with Gasteiger partial charge in [-0.15, -0.1) is 0 Å². The number of rotatable bonds is 2. The summed E-state index contributed by atoms with van der Waals surface area (Å²) in [5.74, 6) is -0.424. The Kier molecular flexibility index (Phi) is 2.00. The first-order chi connectivity index (χ1) is 7.75. The molecule has 0 radical (unpaired) electrons. The molecule has 0 aromatic heterocycles. The molecule has 1 aliphatic heterocycles. The summed E-state index contributed by atoms with van der Waals surface area (Å²) in [5.41, 5.74) is 10.3. The van der Waals surface area contributed by atoms with Gasteiger partial charge in [0.1, 0.15) is 0 Å². The fourth-order valence-electron chi connectivity index (χ4n) is 2.00. The monoisotopic (exact) mass is 219 g/mol. The van der Waals surface area contributed by atoms with E-state index in [1.807, 2.05) is 11.1 Å². The molecule has 84 valence electrons. The Morgan fingerprint density at radius 1 is 1.50 bits per heavy atom. The average Bonchev–Trinajstić information content (AvgIpc) is 2.59. The third kappa shape index (κ3) is 1.32. The topological polar surface area (TPSA) is 67.6 Å². The Labute approximate surface area is 93.1 Å². The molecule has 3 N–H and O–H groups in total. The molecule has 1 fully saturated rings. The van der Waals surface area contributed by atoms with Crippen LogP contribution < -0.4 is 16.3 Å². The van der Waals surface area contributed by atoms with Crippen molar-refractivity contribution in [3.05, 3.63) is 23.8 Å². The number of hydroxylamine groups is 1. The van der Waals surface area contributed by atoms with Gasteiger partial charge >= 0.3 is 0 Å². The van der Waals surface area contributed by atoms with E-state index in [0.29, 0.717) is 11.6 Å². The van der Waals surface area contributed by atoms with Gasteiger partial charge in [0.05, 0.1) is 17.4 Å². The summed E-state index contributed by atoms with van der Waals surface area (Å²) >= 11 is 0. The van der Waals surface area contributed by atoms with E-state index in [1.165, 1.54) is 6.42 Å². The van der Waals surface area contributed by atoms with Crippen LogP contribution in [-0.4, -0.2) is 11.9 Å². The lowest BCUT2D eigenvalue weighted by atomic mass is 9.92. The predicted molar refractivity (Wildman–Crippen MR) is 59.8 cm³/mol. The van der Waals surface area contributed by atoms with Gasteiger partial charge in [-0.2, -0.15) is 4.94 Å². The quantitative estimate of drug-likeness (QED) is 0.789. The number of anilines is 2. The number of carbonyl (C=O) groups is 1. The number of benzene rings is 1. The first-order valence-corrected chi connectivity index (χ1v) is 5.42. The van der Waals surface area contributed by atoms with Gasteiger partial charge in [-0.1, -0.05) is 0 Å². The lowest BCUT2D eigenvalue weighted by Crippen LogP contribution is -2.38. The number of nitrogens with one attached hydrogen (secondary N) is 1. The molecule has 1 aromatic rings. The number of fused-ring (bicyclic) bond motifs is 1. The normalized spacial score (nSPS) is 18.9. The van der Waals surface area contributed by atoms with Crippen molar-refractivity contribution in [3.8, 4) is 0 Å². The van der Waals surface area contributed by atoms with E-state index in [2.05, 4.69) is 5.48 Å². The molecule has 0 atom stereocenters. The van der Waals surface area contributed by atoms with E-state index in [-0.39, 0.29) is 0 Å². The number of hydrogen-bond acceptors (Lipinski definition) is 4. The molecule has 0 bridgehead atoms. The zero-order chi connectivity index (χ0) is 11.1. The third-order valence-electron chi connectivity index (χ3n) is 3.18. The molecule has 1 aliphatic carbocycles. The molecule has 3 rings (SSSR count). The van der Waals surface area contributed by atoms with Crippen molar-refractivity contribution in [2.75, 3.05) is 10.5 Å². The Bertz CT molecular complexity index is 443. The van der Waals surface area contributed by atoms with Gasteiger partial charge in [-0.25, -0.2) is 10.5 Å². The van der Waals surface area contributed by atoms with Crippen LogP contribution in [0.25, 0.3) is 0 Å². The molecule has 0 saturated heterocycles. The maximum atomic E-state index is 11.0. The van der Waals surface area contributed by atoms with Crippen LogP contribution in [0.15, 0.2) is 18.2 Å². The van der Waals surface area contributed by atoms with Crippen molar-refractivity contribution in [2.45, 2.75) is 25.3 Å². The number of amides is 1. The van der Waals surface area contributed by atoms with Gasteiger partial charge in [0, 0.05) is 5.56 Å². The van der Waals surface area contributed by atoms with Gasteiger partial charge < -0.3 is 5.73 Å². The lowest BCUT2D eigenvalue weighted by molar-refractivity contribution is 0.100. The molecule has 16 heavy (non-hydrogen) atoms. The summed E-state index contributed by atoms with van der Waals surface area (Å²) in [6.07, 6.45) is 3.55. The first kappa shape index (κ1) is 9.47. The largest absolute Gasteiger partial charge is 0.366 e. The van der Waals surface area contributed by atoms with Gasteiger partial charge in [0.2, 0.25) is 5.91 Å². The number of carbonyl (C=O) groups excluding carboxylic acids is 1. The second kappa shape index (κ2) is 3.38. The molecule has 1 heterocycles. The highest BCUT2D eigenvalue weighted by molar-refractivity contribution is 5.95. The number of primary amides is 1. The fraction of sp³-hybridized carbons (Fsp3) is 0.364. The van der Waals surface area contributed by atoms with Crippen LogP contribution in [0.1, 0.15) is 29.6 Å². The molecule has 1 amide bonds. The molecule has 0 unspecified atom stereocenters. The zero-order valence-corrected chi connectivity index (χ0v) is 8.77. The van der Waals surface area contributed by atoms with E-state index >= 15 is 0 Å². The van der Waals surface area contributed by atoms with Crippen LogP contribution in [0.4, 0.5) is 11.4 Å². The third-order valence-corrected chi connectivity index (χ3v) is 3.18. The molecular formula is C11H13N3O2. The molecular weight excluding hydrogens is 206 g/mol. The number of nitrogens with two attached hydrogens (primary N) is 1. The van der Waals surface area contributed by atoms with Crippen LogP contribution in [0.2, 0.25) is 0 Å². The second-order valence-electron chi connectivity index (χ2n) is 4.20. The molecule has 5 nitrogen and oxygen atoms in total. The van der Waals surface area contributed by atoms with E-state index in [9.17, 15) is 4.79 Å². The maximum absolute atomic E-state index is 11.0. The molecule has 5 heteroatoms. The minimum atomic E-state index is -0.424. The van der Waals surface area contributed by atoms with Gasteiger partial charge in [0.25, 0.3) is 0 Å². The summed E-state index contributed by atoms with van der Waals surface area (Å²) in [6.45, 7) is 0. The zero-order valence-electron chi connectivity index (χ0n) is 8.77. The summed E-state index contributed by atoms with van der Waals surface area (Å²) < 4.78 is 0. The van der Waals surface area contributed by atoms with Crippen molar-refractivity contribution < 1.29 is 9.73 Å². The summed E-state index contributed by atoms with van der Waals surface area (Å²) in [4.78, 5) is 16.4. The van der Waals surface area contributed by atoms with Crippen molar-refractivity contribution in [3.63, 3.8) is 0 Å². The van der Waals surface area contributed by atoms with E-state index < -0.39 is 5.91 Å². The molecule has 1 saturated carbocycles. The lowest BCUT2D eigenvalue weighted by Gasteiger charge is -2.33. The van der Waals surface area contributed by atoms with Crippen molar-refractivity contribution in [1.29, 1.82) is 0 Å². The average molecular weight is 219 g/mol.